The average Bonchev–Trinajstić information content (AvgIpc) is 2.48. The summed E-state index contributed by atoms with van der Waals surface area (Å²) in [5.74, 6) is 0.867. The summed E-state index contributed by atoms with van der Waals surface area (Å²) in [5.41, 5.74) is 7.23. The Hall–Kier alpha value is -2.07. The van der Waals surface area contributed by atoms with Crippen molar-refractivity contribution >= 4 is 0 Å². The van der Waals surface area contributed by atoms with E-state index in [4.69, 9.17) is 10.5 Å². The summed E-state index contributed by atoms with van der Waals surface area (Å²) in [6.45, 7) is 3.44. The van der Waals surface area contributed by atoms with E-state index in [0.717, 1.165) is 24.3 Å². The molecular formula is C16H20N2O2. The van der Waals surface area contributed by atoms with Crippen LogP contribution in [0.5, 0.6) is 5.75 Å². The Morgan fingerprint density at radius 2 is 1.80 bits per heavy atom. The zero-order valence-electron chi connectivity index (χ0n) is 11.7. The molecule has 1 heterocycles. The van der Waals surface area contributed by atoms with Gasteiger partial charge in [0.2, 0.25) is 0 Å². The molecule has 0 aliphatic heterocycles. The molecule has 2 aromatic rings. The van der Waals surface area contributed by atoms with Crippen LogP contribution in [0, 0.1) is 0 Å². The molecule has 0 aliphatic carbocycles. The fourth-order valence-corrected chi connectivity index (χ4v) is 1.93. The Morgan fingerprint density at radius 3 is 2.40 bits per heavy atom. The molecule has 0 saturated heterocycles. The molecule has 2 N–H and O–H groups in total. The number of pyridine rings is 1. The number of benzene rings is 1. The molecule has 0 fully saturated rings. The lowest BCUT2D eigenvalue weighted by Crippen LogP contribution is -2.18. The fourth-order valence-electron chi connectivity index (χ4n) is 1.93. The summed E-state index contributed by atoms with van der Waals surface area (Å²) in [7, 11) is 0. The van der Waals surface area contributed by atoms with Crippen LogP contribution in [0.15, 0.2) is 53.6 Å². The fraction of sp³-hybridized carbons (Fsp3) is 0.312. The molecule has 106 valence electrons. The number of aromatic nitrogens is 1. The van der Waals surface area contributed by atoms with E-state index in [1.54, 1.807) is 12.4 Å². The largest absolute Gasteiger partial charge is 0.494 e. The van der Waals surface area contributed by atoms with E-state index in [9.17, 15) is 4.79 Å². The molecule has 2 rings (SSSR count). The Kier molecular flexibility index (Phi) is 4.96. The molecule has 0 spiro atoms. The predicted octanol–water partition coefficient (Wildman–Crippen LogP) is 2.34. The van der Waals surface area contributed by atoms with Gasteiger partial charge in [-0.15, -0.1) is 0 Å². The lowest BCUT2D eigenvalue weighted by atomic mass is 10.1. The number of nitrogens with zero attached hydrogens (tertiary/aromatic N) is 1. The van der Waals surface area contributed by atoms with Crippen LogP contribution in [-0.2, 0) is 6.54 Å². The molecule has 1 unspecified atom stereocenters. The monoisotopic (exact) mass is 272 g/mol. The van der Waals surface area contributed by atoms with E-state index in [-0.39, 0.29) is 11.5 Å². The van der Waals surface area contributed by atoms with Crippen molar-refractivity contribution in [2.45, 2.75) is 25.9 Å². The molecule has 1 atom stereocenters. The summed E-state index contributed by atoms with van der Waals surface area (Å²) < 4.78 is 7.45. The zero-order valence-corrected chi connectivity index (χ0v) is 11.7. The van der Waals surface area contributed by atoms with Crippen molar-refractivity contribution in [3.63, 3.8) is 0 Å². The van der Waals surface area contributed by atoms with E-state index >= 15 is 0 Å². The molecule has 4 heteroatoms. The number of hydrogen-bond acceptors (Lipinski definition) is 3. The van der Waals surface area contributed by atoms with Gasteiger partial charge in [-0.1, -0.05) is 19.1 Å². The van der Waals surface area contributed by atoms with E-state index in [2.05, 4.69) is 6.92 Å². The van der Waals surface area contributed by atoms with E-state index < -0.39 is 0 Å². The minimum Gasteiger partial charge on any atom is -0.494 e. The van der Waals surface area contributed by atoms with Gasteiger partial charge < -0.3 is 15.0 Å². The second-order valence-electron chi connectivity index (χ2n) is 4.75. The Bertz CT molecular complexity index is 570. The molecule has 1 aromatic heterocycles. The third-order valence-electron chi connectivity index (χ3n) is 3.05. The summed E-state index contributed by atoms with van der Waals surface area (Å²) in [6.07, 6.45) is 4.50. The van der Waals surface area contributed by atoms with Gasteiger partial charge in [-0.05, 0) is 24.1 Å². The highest BCUT2D eigenvalue weighted by molar-refractivity contribution is 5.29. The molecule has 20 heavy (non-hydrogen) atoms. The summed E-state index contributed by atoms with van der Waals surface area (Å²) in [5, 5.41) is 0. The standard InChI is InChI=1S/C16H20N2O2/c1-2-11-20-15-5-3-13(4-6-15)16(17)12-18-9-7-14(19)8-10-18/h3-10,16H,2,11-12,17H2,1H3. The normalized spacial score (nSPS) is 12.1. The van der Waals surface area contributed by atoms with Crippen molar-refractivity contribution < 1.29 is 4.74 Å². The SMILES string of the molecule is CCCOc1ccc(C(N)Cn2ccc(=O)cc2)cc1. The Balaban J connectivity index is 1.99. The highest BCUT2D eigenvalue weighted by Crippen LogP contribution is 2.17. The van der Waals surface area contributed by atoms with E-state index in [1.807, 2.05) is 28.8 Å². The van der Waals surface area contributed by atoms with Crippen molar-refractivity contribution in [1.29, 1.82) is 0 Å². The molecular weight excluding hydrogens is 252 g/mol. The van der Waals surface area contributed by atoms with Gasteiger partial charge in [-0.2, -0.15) is 0 Å². The maximum atomic E-state index is 11.0. The highest BCUT2D eigenvalue weighted by Gasteiger charge is 2.06. The molecule has 4 nitrogen and oxygen atoms in total. The molecule has 0 aliphatic rings. The van der Waals surface area contributed by atoms with Gasteiger partial charge in [-0.25, -0.2) is 0 Å². The van der Waals surface area contributed by atoms with Crippen LogP contribution in [0.1, 0.15) is 24.9 Å². The Morgan fingerprint density at radius 1 is 1.15 bits per heavy atom. The second kappa shape index (κ2) is 6.91. The van der Waals surface area contributed by atoms with Gasteiger partial charge in [0.1, 0.15) is 5.75 Å². The van der Waals surface area contributed by atoms with Crippen LogP contribution in [0.4, 0.5) is 0 Å². The molecule has 1 aromatic carbocycles. The maximum absolute atomic E-state index is 11.0. The second-order valence-corrected chi connectivity index (χ2v) is 4.75. The first kappa shape index (κ1) is 14.3. The summed E-state index contributed by atoms with van der Waals surface area (Å²) in [4.78, 5) is 11.0. The first-order valence-electron chi connectivity index (χ1n) is 6.83. The minimum absolute atomic E-state index is 0.00671. The summed E-state index contributed by atoms with van der Waals surface area (Å²) >= 11 is 0. The quantitative estimate of drug-likeness (QED) is 0.878. The molecule has 0 bridgehead atoms. The topological polar surface area (TPSA) is 57.2 Å². The third-order valence-corrected chi connectivity index (χ3v) is 3.05. The van der Waals surface area contributed by atoms with Crippen LogP contribution in [0.25, 0.3) is 0 Å². The maximum Gasteiger partial charge on any atom is 0.181 e. The van der Waals surface area contributed by atoms with Gasteiger partial charge >= 0.3 is 0 Å². The zero-order chi connectivity index (χ0) is 14.4. The average molecular weight is 272 g/mol. The molecule has 0 radical (unpaired) electrons. The van der Waals surface area contributed by atoms with Crippen molar-refractivity contribution in [2.24, 2.45) is 5.73 Å². The first-order chi connectivity index (χ1) is 9.69. The van der Waals surface area contributed by atoms with Crippen molar-refractivity contribution in [1.82, 2.24) is 4.57 Å². The van der Waals surface area contributed by atoms with Crippen LogP contribution in [-0.4, -0.2) is 11.2 Å². The van der Waals surface area contributed by atoms with Crippen LogP contribution >= 0.6 is 0 Å². The van der Waals surface area contributed by atoms with Crippen molar-refractivity contribution in [2.75, 3.05) is 6.61 Å². The van der Waals surface area contributed by atoms with Gasteiger partial charge in [0.15, 0.2) is 5.43 Å². The minimum atomic E-state index is -0.113. The summed E-state index contributed by atoms with van der Waals surface area (Å²) in [6, 6.07) is 10.8. The lowest BCUT2D eigenvalue weighted by Gasteiger charge is -2.15. The Labute approximate surface area is 118 Å². The smallest absolute Gasteiger partial charge is 0.181 e. The van der Waals surface area contributed by atoms with Crippen molar-refractivity contribution in [3.8, 4) is 5.75 Å². The first-order valence-corrected chi connectivity index (χ1v) is 6.83. The predicted molar refractivity (Wildman–Crippen MR) is 79.9 cm³/mol. The van der Waals surface area contributed by atoms with Gasteiger partial charge in [-0.3, -0.25) is 4.79 Å². The van der Waals surface area contributed by atoms with Gasteiger partial charge in [0.25, 0.3) is 0 Å². The van der Waals surface area contributed by atoms with E-state index in [1.165, 1.54) is 12.1 Å². The van der Waals surface area contributed by atoms with E-state index in [0.29, 0.717) is 6.54 Å². The van der Waals surface area contributed by atoms with Crippen LogP contribution in [0.3, 0.4) is 0 Å². The lowest BCUT2D eigenvalue weighted by molar-refractivity contribution is 0.317. The molecule has 0 saturated carbocycles. The van der Waals surface area contributed by atoms with Crippen LogP contribution < -0.4 is 15.9 Å². The number of rotatable bonds is 6. The number of nitrogens with two attached hydrogens (primary N) is 1. The van der Waals surface area contributed by atoms with Crippen molar-refractivity contribution in [3.05, 3.63) is 64.6 Å². The number of ether oxygens (including phenoxy) is 1. The third kappa shape index (κ3) is 3.96. The number of hydrogen-bond donors (Lipinski definition) is 1. The van der Waals surface area contributed by atoms with Crippen LogP contribution in [0.2, 0.25) is 0 Å². The van der Waals surface area contributed by atoms with Gasteiger partial charge in [0.05, 0.1) is 6.61 Å². The highest BCUT2D eigenvalue weighted by atomic mass is 16.5. The molecule has 0 amide bonds. The van der Waals surface area contributed by atoms with Gasteiger partial charge in [0, 0.05) is 37.1 Å².